The van der Waals surface area contributed by atoms with E-state index in [0.29, 0.717) is 16.4 Å². The van der Waals surface area contributed by atoms with Crippen LogP contribution in [0.25, 0.3) is 10.9 Å². The highest BCUT2D eigenvalue weighted by atomic mass is 79.9. The van der Waals surface area contributed by atoms with Crippen LogP contribution in [0, 0.1) is 0 Å². The number of carbonyl (C=O) groups is 1. The molecule has 2 aromatic rings. The predicted molar refractivity (Wildman–Crippen MR) is 84.3 cm³/mol. The first-order chi connectivity index (χ1) is 9.24. The molecule has 0 spiro atoms. The third-order valence-electron chi connectivity index (χ3n) is 2.35. The van der Waals surface area contributed by atoms with Crippen molar-refractivity contribution >= 4 is 50.3 Å². The number of carbonyl (C=O) groups excluding carboxylic acids is 1. The molecule has 106 valence electrons. The number of hydrogen-bond acceptors (Lipinski definition) is 3. The van der Waals surface area contributed by atoms with E-state index in [4.69, 9.17) is 16.3 Å². The zero-order valence-electron chi connectivity index (χ0n) is 11.3. The lowest BCUT2D eigenvalue weighted by Gasteiger charge is -2.19. The van der Waals surface area contributed by atoms with E-state index < -0.39 is 11.7 Å². The van der Waals surface area contributed by atoms with Gasteiger partial charge in [-0.15, -0.1) is 0 Å². The Balaban J connectivity index is 2.28. The number of rotatable bonds is 1. The van der Waals surface area contributed by atoms with Gasteiger partial charge in [-0.2, -0.15) is 0 Å². The molecule has 0 bridgehead atoms. The van der Waals surface area contributed by atoms with Crippen molar-refractivity contribution in [1.29, 1.82) is 0 Å². The normalized spacial score (nSPS) is 11.4. The van der Waals surface area contributed by atoms with Gasteiger partial charge in [-0.1, -0.05) is 27.5 Å². The highest BCUT2D eigenvalue weighted by molar-refractivity contribution is 9.10. The van der Waals surface area contributed by atoms with Gasteiger partial charge in [0.25, 0.3) is 0 Å². The number of anilines is 1. The molecular weight excluding hydrogens is 344 g/mol. The molecule has 0 saturated carbocycles. The minimum atomic E-state index is -0.560. The van der Waals surface area contributed by atoms with Crippen molar-refractivity contribution in [2.75, 3.05) is 5.32 Å². The van der Waals surface area contributed by atoms with Gasteiger partial charge in [0.15, 0.2) is 0 Å². The van der Waals surface area contributed by atoms with Gasteiger partial charge in [0.2, 0.25) is 0 Å². The Bertz CT molecular complexity index is 668. The van der Waals surface area contributed by atoms with Crippen LogP contribution in [0.15, 0.2) is 28.7 Å². The summed E-state index contributed by atoms with van der Waals surface area (Å²) in [7, 11) is 0. The van der Waals surface area contributed by atoms with Crippen molar-refractivity contribution in [3.63, 3.8) is 0 Å². The number of benzene rings is 1. The summed E-state index contributed by atoms with van der Waals surface area (Å²) >= 11 is 9.58. The lowest BCUT2D eigenvalue weighted by Crippen LogP contribution is -2.27. The monoisotopic (exact) mass is 356 g/mol. The number of nitrogens with zero attached hydrogens (tertiary/aromatic N) is 1. The number of fused-ring (bicyclic) bond motifs is 1. The first kappa shape index (κ1) is 15.1. The van der Waals surface area contributed by atoms with Crippen molar-refractivity contribution in [2.45, 2.75) is 26.4 Å². The van der Waals surface area contributed by atoms with E-state index in [2.05, 4.69) is 26.2 Å². The molecule has 0 fully saturated rings. The Labute approximate surface area is 130 Å². The summed E-state index contributed by atoms with van der Waals surface area (Å²) in [4.78, 5) is 16.0. The molecule has 1 aromatic heterocycles. The molecule has 0 aliphatic carbocycles. The molecule has 0 aliphatic heterocycles. The third kappa shape index (κ3) is 3.84. The first-order valence-electron chi connectivity index (χ1n) is 6.00. The van der Waals surface area contributed by atoms with E-state index in [0.717, 1.165) is 9.86 Å². The van der Waals surface area contributed by atoms with Crippen molar-refractivity contribution in [2.24, 2.45) is 0 Å². The van der Waals surface area contributed by atoms with Crippen LogP contribution in [0.2, 0.25) is 5.02 Å². The van der Waals surface area contributed by atoms with Crippen LogP contribution in [-0.4, -0.2) is 16.7 Å². The number of aromatic nitrogens is 1. The predicted octanol–water partition coefficient (Wildman–Crippen LogP) is 5.00. The number of pyridine rings is 1. The Hall–Kier alpha value is -1.33. The van der Waals surface area contributed by atoms with Crippen LogP contribution in [0.4, 0.5) is 10.6 Å². The number of halogens is 2. The molecule has 1 aromatic carbocycles. The molecule has 0 aliphatic rings. The van der Waals surface area contributed by atoms with Gasteiger partial charge >= 0.3 is 6.09 Å². The van der Waals surface area contributed by atoms with Gasteiger partial charge in [0.05, 0.1) is 10.5 Å². The molecule has 1 N–H and O–H groups in total. The van der Waals surface area contributed by atoms with Crippen molar-refractivity contribution in [3.05, 3.63) is 33.8 Å². The molecule has 0 atom stereocenters. The second kappa shape index (κ2) is 5.58. The summed E-state index contributed by atoms with van der Waals surface area (Å²) in [6.07, 6.45) is -0.558. The van der Waals surface area contributed by atoms with E-state index in [1.807, 2.05) is 18.2 Å². The lowest BCUT2D eigenvalue weighted by molar-refractivity contribution is 0.0635. The maximum atomic E-state index is 11.7. The van der Waals surface area contributed by atoms with Crippen LogP contribution >= 0.6 is 27.5 Å². The largest absolute Gasteiger partial charge is 0.444 e. The van der Waals surface area contributed by atoms with E-state index in [9.17, 15) is 4.79 Å². The summed E-state index contributed by atoms with van der Waals surface area (Å²) in [5.41, 5.74) is 0.141. The van der Waals surface area contributed by atoms with Crippen molar-refractivity contribution < 1.29 is 9.53 Å². The minimum absolute atomic E-state index is 0.360. The highest BCUT2D eigenvalue weighted by Crippen LogP contribution is 2.28. The molecule has 2 rings (SSSR count). The Morgan fingerprint density at radius 2 is 2.05 bits per heavy atom. The van der Waals surface area contributed by atoms with Crippen LogP contribution in [0.3, 0.4) is 0 Å². The zero-order chi connectivity index (χ0) is 14.9. The number of hydrogen-bond donors (Lipinski definition) is 1. The molecule has 4 nitrogen and oxygen atoms in total. The topological polar surface area (TPSA) is 51.2 Å². The summed E-state index contributed by atoms with van der Waals surface area (Å²) < 4.78 is 6.09. The van der Waals surface area contributed by atoms with Gasteiger partial charge in [0, 0.05) is 15.9 Å². The minimum Gasteiger partial charge on any atom is -0.444 e. The molecule has 1 heterocycles. The average molecular weight is 358 g/mol. The third-order valence-corrected chi connectivity index (χ3v) is 3.16. The van der Waals surface area contributed by atoms with E-state index >= 15 is 0 Å². The molecule has 1 amide bonds. The fraction of sp³-hybridized carbons (Fsp3) is 0.286. The van der Waals surface area contributed by atoms with E-state index in [1.165, 1.54) is 0 Å². The SMILES string of the molecule is CC(C)(C)OC(=O)Nc1cc(Cl)c2cc(Br)ccc2n1. The fourth-order valence-electron chi connectivity index (χ4n) is 1.63. The maximum absolute atomic E-state index is 11.7. The summed E-state index contributed by atoms with van der Waals surface area (Å²) in [5.74, 6) is 0.360. The quantitative estimate of drug-likeness (QED) is 0.781. The molecule has 0 unspecified atom stereocenters. The smallest absolute Gasteiger partial charge is 0.413 e. The van der Waals surface area contributed by atoms with Crippen molar-refractivity contribution in [3.8, 4) is 0 Å². The second-order valence-electron chi connectivity index (χ2n) is 5.28. The first-order valence-corrected chi connectivity index (χ1v) is 7.17. The molecule has 0 saturated heterocycles. The van der Waals surface area contributed by atoms with Crippen LogP contribution in [-0.2, 0) is 4.74 Å². The van der Waals surface area contributed by atoms with Crippen LogP contribution in [0.5, 0.6) is 0 Å². The summed E-state index contributed by atoms with van der Waals surface area (Å²) in [6, 6.07) is 7.16. The van der Waals surface area contributed by atoms with Crippen molar-refractivity contribution in [1.82, 2.24) is 4.98 Å². The summed E-state index contributed by atoms with van der Waals surface area (Å²) in [6.45, 7) is 5.39. The van der Waals surface area contributed by atoms with Crippen LogP contribution < -0.4 is 5.32 Å². The Kier molecular flexibility index (Phi) is 4.20. The second-order valence-corrected chi connectivity index (χ2v) is 6.60. The Morgan fingerprint density at radius 1 is 1.35 bits per heavy atom. The van der Waals surface area contributed by atoms with Gasteiger partial charge in [0.1, 0.15) is 11.4 Å². The van der Waals surface area contributed by atoms with Gasteiger partial charge in [-0.3, -0.25) is 5.32 Å². The lowest BCUT2D eigenvalue weighted by atomic mass is 10.2. The van der Waals surface area contributed by atoms with Gasteiger partial charge in [-0.25, -0.2) is 9.78 Å². The molecule has 6 heteroatoms. The van der Waals surface area contributed by atoms with Gasteiger partial charge < -0.3 is 4.74 Å². The van der Waals surface area contributed by atoms with Gasteiger partial charge in [-0.05, 0) is 39.0 Å². The fourth-order valence-corrected chi connectivity index (χ4v) is 2.24. The average Bonchev–Trinajstić information content (AvgIpc) is 2.27. The molecule has 20 heavy (non-hydrogen) atoms. The van der Waals surface area contributed by atoms with Crippen LogP contribution in [0.1, 0.15) is 20.8 Å². The maximum Gasteiger partial charge on any atom is 0.413 e. The number of ether oxygens (including phenoxy) is 1. The Morgan fingerprint density at radius 3 is 2.70 bits per heavy atom. The number of amides is 1. The number of nitrogens with one attached hydrogen (secondary N) is 1. The molecule has 0 radical (unpaired) electrons. The standard InChI is InChI=1S/C14H14BrClN2O2/c1-14(2,3)20-13(19)18-12-7-10(16)9-6-8(15)4-5-11(9)17-12/h4-7H,1-3H3,(H,17,18,19). The zero-order valence-corrected chi connectivity index (χ0v) is 13.7. The van der Waals surface area contributed by atoms with E-state index in [1.54, 1.807) is 26.8 Å². The summed E-state index contributed by atoms with van der Waals surface area (Å²) in [5, 5.41) is 3.91. The molecular formula is C14H14BrClN2O2. The van der Waals surface area contributed by atoms with E-state index in [-0.39, 0.29) is 0 Å². The highest BCUT2D eigenvalue weighted by Gasteiger charge is 2.17.